The van der Waals surface area contributed by atoms with E-state index < -0.39 is 0 Å². The van der Waals surface area contributed by atoms with Crippen LogP contribution in [0.25, 0.3) is 76.1 Å². The van der Waals surface area contributed by atoms with Crippen LogP contribution in [0.2, 0.25) is 0 Å². The highest BCUT2D eigenvalue weighted by atomic mass is 32.1. The molecule has 2 heteroatoms. The highest BCUT2D eigenvalue weighted by molar-refractivity contribution is 7.26. The summed E-state index contributed by atoms with van der Waals surface area (Å²) >= 11 is 1.93. The molecule has 0 bridgehead atoms. The number of fused-ring (bicyclic) bond motifs is 7. The fourth-order valence-corrected chi connectivity index (χ4v) is 8.53. The highest BCUT2D eigenvalue weighted by Gasteiger charge is 2.37. The second kappa shape index (κ2) is 10.4. The van der Waals surface area contributed by atoms with Crippen LogP contribution in [0.1, 0.15) is 25.0 Å². The Bertz CT molecular complexity index is 2360. The molecule has 1 aliphatic rings. The Labute approximate surface area is 273 Å². The topological polar surface area (TPSA) is 12.9 Å². The third kappa shape index (κ3) is 4.25. The van der Waals surface area contributed by atoms with Crippen molar-refractivity contribution >= 4 is 31.5 Å². The second-order valence-corrected chi connectivity index (χ2v) is 13.8. The molecule has 0 fully saturated rings. The molecule has 0 aliphatic heterocycles. The first-order chi connectivity index (χ1) is 22.5. The number of rotatable bonds is 4. The summed E-state index contributed by atoms with van der Waals surface area (Å²) in [6, 6.07) is 55.0. The van der Waals surface area contributed by atoms with E-state index >= 15 is 0 Å². The number of hydrogen-bond donors (Lipinski definition) is 0. The average Bonchev–Trinajstić information content (AvgIpc) is 3.61. The summed E-state index contributed by atoms with van der Waals surface area (Å²) in [5.41, 5.74) is 14.6. The van der Waals surface area contributed by atoms with E-state index in [1.54, 1.807) is 0 Å². The summed E-state index contributed by atoms with van der Waals surface area (Å²) in [4.78, 5) is 5.06. The Kier molecular flexibility index (Phi) is 6.10. The molecule has 0 amide bonds. The van der Waals surface area contributed by atoms with Gasteiger partial charge in [-0.3, -0.25) is 0 Å². The molecule has 0 saturated carbocycles. The lowest BCUT2D eigenvalue weighted by Crippen LogP contribution is -2.14. The van der Waals surface area contributed by atoms with Gasteiger partial charge in [0, 0.05) is 42.3 Å². The van der Waals surface area contributed by atoms with Gasteiger partial charge in [-0.15, -0.1) is 11.3 Å². The molecule has 0 spiro atoms. The van der Waals surface area contributed by atoms with Crippen molar-refractivity contribution in [2.24, 2.45) is 0 Å². The van der Waals surface area contributed by atoms with Crippen LogP contribution < -0.4 is 0 Å². The molecule has 8 aromatic rings. The van der Waals surface area contributed by atoms with Crippen LogP contribution in [-0.2, 0) is 5.41 Å². The summed E-state index contributed by atoms with van der Waals surface area (Å²) in [6.07, 6.45) is 0. The van der Waals surface area contributed by atoms with Gasteiger partial charge in [0.05, 0.1) is 11.4 Å². The van der Waals surface area contributed by atoms with Gasteiger partial charge >= 0.3 is 0 Å². The number of pyridine rings is 1. The highest BCUT2D eigenvalue weighted by Crippen LogP contribution is 2.54. The summed E-state index contributed by atoms with van der Waals surface area (Å²) in [7, 11) is 0. The SMILES string of the molecule is CC1(C)c2ccc(-c3ccc(-c4cc(-c5ccccc5)nc(-c5ccccc5)c4)cc3)cc2-c2c1ccc1c2sc2ccccc21. The average molecular weight is 606 g/mol. The zero-order chi connectivity index (χ0) is 30.8. The van der Waals surface area contributed by atoms with E-state index in [4.69, 9.17) is 4.98 Å². The monoisotopic (exact) mass is 605 g/mol. The molecule has 0 unspecified atom stereocenters. The van der Waals surface area contributed by atoms with Gasteiger partial charge in [0.1, 0.15) is 0 Å². The summed E-state index contributed by atoms with van der Waals surface area (Å²) in [5, 5.41) is 2.71. The van der Waals surface area contributed by atoms with E-state index in [1.807, 2.05) is 23.5 Å². The van der Waals surface area contributed by atoms with E-state index in [2.05, 4.69) is 153 Å². The molecule has 1 nitrogen and oxygen atoms in total. The molecule has 46 heavy (non-hydrogen) atoms. The number of aromatic nitrogens is 1. The van der Waals surface area contributed by atoms with Crippen molar-refractivity contribution in [3.05, 3.63) is 163 Å². The van der Waals surface area contributed by atoms with Crippen molar-refractivity contribution in [2.75, 3.05) is 0 Å². The van der Waals surface area contributed by atoms with Gasteiger partial charge in [-0.05, 0) is 63.2 Å². The third-order valence-electron chi connectivity index (χ3n) is 9.70. The predicted octanol–water partition coefficient (Wildman–Crippen LogP) is 12.4. The predicted molar refractivity (Wildman–Crippen MR) is 196 cm³/mol. The molecule has 0 atom stereocenters. The van der Waals surface area contributed by atoms with Crippen LogP contribution in [0.4, 0.5) is 0 Å². The van der Waals surface area contributed by atoms with Crippen LogP contribution >= 0.6 is 11.3 Å². The van der Waals surface area contributed by atoms with Crippen LogP contribution in [0.3, 0.4) is 0 Å². The molecular formula is C44H31NS. The Balaban J connectivity index is 1.14. The summed E-state index contributed by atoms with van der Waals surface area (Å²) in [5.74, 6) is 0. The Morgan fingerprint density at radius 1 is 0.457 bits per heavy atom. The van der Waals surface area contributed by atoms with Gasteiger partial charge in [-0.2, -0.15) is 0 Å². The first-order valence-electron chi connectivity index (χ1n) is 15.9. The van der Waals surface area contributed by atoms with Gasteiger partial charge in [0.25, 0.3) is 0 Å². The lowest BCUT2D eigenvalue weighted by molar-refractivity contribution is 0.661. The molecular weight excluding hydrogens is 575 g/mol. The molecule has 9 rings (SSSR count). The first kappa shape index (κ1) is 27.0. The van der Waals surface area contributed by atoms with E-state index in [0.717, 1.165) is 28.1 Å². The Morgan fingerprint density at radius 3 is 1.70 bits per heavy atom. The van der Waals surface area contributed by atoms with Crippen molar-refractivity contribution in [2.45, 2.75) is 19.3 Å². The molecule has 2 heterocycles. The second-order valence-electron chi connectivity index (χ2n) is 12.8. The van der Waals surface area contributed by atoms with Crippen molar-refractivity contribution in [1.29, 1.82) is 0 Å². The van der Waals surface area contributed by atoms with Crippen molar-refractivity contribution in [3.8, 4) is 55.9 Å². The number of thiophene rings is 1. The summed E-state index contributed by atoms with van der Waals surface area (Å²) < 4.78 is 2.75. The number of nitrogens with zero attached hydrogens (tertiary/aromatic N) is 1. The van der Waals surface area contributed by atoms with Crippen molar-refractivity contribution < 1.29 is 0 Å². The van der Waals surface area contributed by atoms with Gasteiger partial charge in [-0.1, -0.05) is 141 Å². The van der Waals surface area contributed by atoms with Crippen molar-refractivity contribution in [3.63, 3.8) is 0 Å². The zero-order valence-corrected chi connectivity index (χ0v) is 26.6. The van der Waals surface area contributed by atoms with Crippen molar-refractivity contribution in [1.82, 2.24) is 4.98 Å². The van der Waals surface area contributed by atoms with E-state index in [1.165, 1.54) is 59.1 Å². The van der Waals surface area contributed by atoms with Gasteiger partial charge in [0.2, 0.25) is 0 Å². The minimum Gasteiger partial charge on any atom is -0.248 e. The quantitative estimate of drug-likeness (QED) is 0.194. The van der Waals surface area contributed by atoms with Crippen LogP contribution in [0, 0.1) is 0 Å². The lowest BCUT2D eigenvalue weighted by Gasteiger charge is -2.21. The van der Waals surface area contributed by atoms with Gasteiger partial charge in [0.15, 0.2) is 0 Å². The van der Waals surface area contributed by atoms with Gasteiger partial charge in [-0.25, -0.2) is 4.98 Å². The molecule has 0 N–H and O–H groups in total. The smallest absolute Gasteiger partial charge is 0.0715 e. The molecule has 1 aliphatic carbocycles. The third-order valence-corrected chi connectivity index (χ3v) is 10.9. The van der Waals surface area contributed by atoms with Crippen LogP contribution in [-0.4, -0.2) is 4.98 Å². The van der Waals surface area contributed by atoms with E-state index in [0.29, 0.717) is 0 Å². The fraction of sp³-hybridized carbons (Fsp3) is 0.0682. The minimum absolute atomic E-state index is 0.0360. The number of hydrogen-bond acceptors (Lipinski definition) is 2. The van der Waals surface area contributed by atoms with Gasteiger partial charge < -0.3 is 0 Å². The Morgan fingerprint density at radius 2 is 1.02 bits per heavy atom. The molecule has 0 radical (unpaired) electrons. The largest absolute Gasteiger partial charge is 0.248 e. The first-order valence-corrected chi connectivity index (χ1v) is 16.7. The lowest BCUT2D eigenvalue weighted by atomic mass is 9.82. The van der Waals surface area contributed by atoms with Crippen LogP contribution in [0.5, 0.6) is 0 Å². The maximum absolute atomic E-state index is 5.06. The Hall–Kier alpha value is -5.31. The minimum atomic E-state index is -0.0360. The molecule has 6 aromatic carbocycles. The molecule has 2 aromatic heterocycles. The number of benzene rings is 6. The van der Waals surface area contributed by atoms with Crippen LogP contribution in [0.15, 0.2) is 152 Å². The maximum atomic E-state index is 5.06. The van der Waals surface area contributed by atoms with E-state index in [-0.39, 0.29) is 5.41 Å². The zero-order valence-electron chi connectivity index (χ0n) is 25.8. The van der Waals surface area contributed by atoms with E-state index in [9.17, 15) is 0 Å². The summed E-state index contributed by atoms with van der Waals surface area (Å²) in [6.45, 7) is 4.74. The fourth-order valence-electron chi connectivity index (χ4n) is 7.26. The standard InChI is InChI=1S/C44H31NS/c1-44(2)37-23-21-32(25-36(37)42-38(44)24-22-35-34-15-9-10-16-41(34)46-43(35)42)28-17-19-29(20-18-28)33-26-39(30-11-5-3-6-12-30)45-40(27-33)31-13-7-4-8-14-31/h3-27H,1-2H3. The molecule has 218 valence electrons. The maximum Gasteiger partial charge on any atom is 0.0715 e. The molecule has 0 saturated heterocycles. The normalized spacial score (nSPS) is 13.2.